The summed E-state index contributed by atoms with van der Waals surface area (Å²) in [6.45, 7) is 7.45. The number of carbonyl (C=O) groups excluding carboxylic acids is 1. The predicted octanol–water partition coefficient (Wildman–Crippen LogP) is 4.11. The number of hydrogen-bond acceptors (Lipinski definition) is 3. The third-order valence-corrected chi connectivity index (χ3v) is 3.95. The molecule has 0 aliphatic carbocycles. The second-order valence-electron chi connectivity index (χ2n) is 6.00. The van der Waals surface area contributed by atoms with Gasteiger partial charge in [0.25, 0.3) is 0 Å². The van der Waals surface area contributed by atoms with Crippen molar-refractivity contribution in [3.8, 4) is 5.75 Å². The van der Waals surface area contributed by atoms with Gasteiger partial charge in [0.2, 0.25) is 5.91 Å². The molecule has 0 radical (unpaired) electrons. The maximum absolute atomic E-state index is 12.2. The Balaban J connectivity index is 1.99. The standard InChI is InChI=1S/C20H26N2O2/c1-5-22(15(2)3)18-11-9-17(10-12-18)21-20(23)14-16-7-6-8-19(13-16)24-4/h6-13,15H,5,14H2,1-4H3,(H,21,23). The quantitative estimate of drug-likeness (QED) is 0.832. The van der Waals surface area contributed by atoms with Crippen molar-refractivity contribution in [2.24, 2.45) is 0 Å². The van der Waals surface area contributed by atoms with E-state index in [0.717, 1.165) is 23.5 Å². The van der Waals surface area contributed by atoms with E-state index in [1.165, 1.54) is 5.69 Å². The molecule has 0 aliphatic rings. The second kappa shape index (κ2) is 8.39. The minimum Gasteiger partial charge on any atom is -0.497 e. The van der Waals surface area contributed by atoms with E-state index < -0.39 is 0 Å². The Kier molecular flexibility index (Phi) is 6.24. The van der Waals surface area contributed by atoms with E-state index in [4.69, 9.17) is 4.74 Å². The Morgan fingerprint density at radius 2 is 1.88 bits per heavy atom. The summed E-state index contributed by atoms with van der Waals surface area (Å²) in [6, 6.07) is 16.0. The number of anilines is 2. The molecule has 0 fully saturated rings. The van der Waals surface area contributed by atoms with Crippen molar-refractivity contribution < 1.29 is 9.53 Å². The van der Waals surface area contributed by atoms with Gasteiger partial charge in [-0.15, -0.1) is 0 Å². The zero-order valence-corrected chi connectivity index (χ0v) is 14.9. The number of hydrogen-bond donors (Lipinski definition) is 1. The van der Waals surface area contributed by atoms with Gasteiger partial charge in [-0.2, -0.15) is 0 Å². The fourth-order valence-corrected chi connectivity index (χ4v) is 2.76. The van der Waals surface area contributed by atoms with Crippen molar-refractivity contribution in [2.45, 2.75) is 33.2 Å². The lowest BCUT2D eigenvalue weighted by Crippen LogP contribution is -2.30. The number of carbonyl (C=O) groups is 1. The van der Waals surface area contributed by atoms with Crippen LogP contribution in [0.5, 0.6) is 5.75 Å². The van der Waals surface area contributed by atoms with E-state index in [1.54, 1.807) is 7.11 Å². The van der Waals surface area contributed by atoms with Crippen LogP contribution >= 0.6 is 0 Å². The zero-order valence-electron chi connectivity index (χ0n) is 14.9. The molecule has 1 amide bonds. The van der Waals surface area contributed by atoms with Gasteiger partial charge in [-0.25, -0.2) is 0 Å². The fourth-order valence-electron chi connectivity index (χ4n) is 2.76. The van der Waals surface area contributed by atoms with Crippen molar-refractivity contribution in [3.05, 3.63) is 54.1 Å². The predicted molar refractivity (Wildman–Crippen MR) is 99.9 cm³/mol. The molecule has 0 saturated carbocycles. The lowest BCUT2D eigenvalue weighted by atomic mass is 10.1. The van der Waals surface area contributed by atoms with Crippen molar-refractivity contribution >= 4 is 17.3 Å². The summed E-state index contributed by atoms with van der Waals surface area (Å²) in [7, 11) is 1.62. The molecular formula is C20H26N2O2. The molecule has 0 heterocycles. The van der Waals surface area contributed by atoms with Crippen LogP contribution in [0, 0.1) is 0 Å². The summed E-state index contributed by atoms with van der Waals surface area (Å²) >= 11 is 0. The minimum atomic E-state index is -0.0350. The van der Waals surface area contributed by atoms with E-state index >= 15 is 0 Å². The molecule has 0 saturated heterocycles. The largest absolute Gasteiger partial charge is 0.497 e. The topological polar surface area (TPSA) is 41.6 Å². The third-order valence-electron chi connectivity index (χ3n) is 3.95. The molecule has 24 heavy (non-hydrogen) atoms. The maximum atomic E-state index is 12.2. The number of methoxy groups -OCH3 is 1. The third kappa shape index (κ3) is 4.75. The minimum absolute atomic E-state index is 0.0350. The molecule has 0 aliphatic heterocycles. The number of amides is 1. The molecular weight excluding hydrogens is 300 g/mol. The van der Waals surface area contributed by atoms with Crippen LogP contribution in [-0.4, -0.2) is 25.6 Å². The van der Waals surface area contributed by atoms with Gasteiger partial charge >= 0.3 is 0 Å². The SMILES string of the molecule is CCN(c1ccc(NC(=O)Cc2cccc(OC)c2)cc1)C(C)C. The Bertz CT molecular complexity index is 666. The normalized spacial score (nSPS) is 10.5. The van der Waals surface area contributed by atoms with Crippen LogP contribution in [0.4, 0.5) is 11.4 Å². The molecule has 4 heteroatoms. The van der Waals surface area contributed by atoms with Gasteiger partial charge in [-0.05, 0) is 62.7 Å². The summed E-state index contributed by atoms with van der Waals surface area (Å²) in [6.07, 6.45) is 0.325. The first-order valence-corrected chi connectivity index (χ1v) is 8.33. The average Bonchev–Trinajstić information content (AvgIpc) is 2.57. The fraction of sp³-hybridized carbons (Fsp3) is 0.350. The lowest BCUT2D eigenvalue weighted by Gasteiger charge is -2.27. The Morgan fingerprint density at radius 3 is 2.46 bits per heavy atom. The molecule has 0 atom stereocenters. The Labute approximate surface area is 144 Å². The average molecular weight is 326 g/mol. The van der Waals surface area contributed by atoms with E-state index in [9.17, 15) is 4.79 Å². The summed E-state index contributed by atoms with van der Waals surface area (Å²) < 4.78 is 5.18. The highest BCUT2D eigenvalue weighted by atomic mass is 16.5. The van der Waals surface area contributed by atoms with Gasteiger partial charge in [0, 0.05) is 24.0 Å². The second-order valence-corrected chi connectivity index (χ2v) is 6.00. The van der Waals surface area contributed by atoms with E-state index in [1.807, 2.05) is 48.5 Å². The monoisotopic (exact) mass is 326 g/mol. The van der Waals surface area contributed by atoms with Crippen molar-refractivity contribution in [1.29, 1.82) is 0 Å². The number of nitrogens with one attached hydrogen (secondary N) is 1. The summed E-state index contributed by atoms with van der Waals surface area (Å²) in [5.41, 5.74) is 2.91. The van der Waals surface area contributed by atoms with E-state index in [2.05, 4.69) is 31.0 Å². The molecule has 0 spiro atoms. The van der Waals surface area contributed by atoms with Crippen LogP contribution in [0.25, 0.3) is 0 Å². The van der Waals surface area contributed by atoms with Crippen LogP contribution < -0.4 is 15.0 Å². The Hall–Kier alpha value is -2.49. The molecule has 1 N–H and O–H groups in total. The molecule has 128 valence electrons. The highest BCUT2D eigenvalue weighted by Gasteiger charge is 2.09. The van der Waals surface area contributed by atoms with E-state index in [0.29, 0.717) is 12.5 Å². The van der Waals surface area contributed by atoms with Crippen LogP contribution in [0.1, 0.15) is 26.3 Å². The highest BCUT2D eigenvalue weighted by Crippen LogP contribution is 2.20. The lowest BCUT2D eigenvalue weighted by molar-refractivity contribution is -0.115. The molecule has 0 unspecified atom stereocenters. The van der Waals surface area contributed by atoms with Crippen molar-refractivity contribution in [3.63, 3.8) is 0 Å². The first-order valence-electron chi connectivity index (χ1n) is 8.33. The van der Waals surface area contributed by atoms with Gasteiger partial charge < -0.3 is 15.0 Å². The highest BCUT2D eigenvalue weighted by molar-refractivity contribution is 5.92. The zero-order chi connectivity index (χ0) is 17.5. The summed E-state index contributed by atoms with van der Waals surface area (Å²) in [5.74, 6) is 0.727. The molecule has 0 aromatic heterocycles. The van der Waals surface area contributed by atoms with Gasteiger partial charge in [-0.3, -0.25) is 4.79 Å². The number of rotatable bonds is 7. The first kappa shape index (κ1) is 17.9. The molecule has 2 rings (SSSR count). The number of nitrogens with zero attached hydrogens (tertiary/aromatic N) is 1. The molecule has 2 aromatic rings. The summed E-state index contributed by atoms with van der Waals surface area (Å²) in [5, 5.41) is 2.94. The number of ether oxygens (including phenoxy) is 1. The van der Waals surface area contributed by atoms with Crippen LogP contribution in [0.2, 0.25) is 0 Å². The van der Waals surface area contributed by atoms with Crippen LogP contribution in [-0.2, 0) is 11.2 Å². The van der Waals surface area contributed by atoms with Gasteiger partial charge in [-0.1, -0.05) is 12.1 Å². The molecule has 4 nitrogen and oxygen atoms in total. The maximum Gasteiger partial charge on any atom is 0.228 e. The van der Waals surface area contributed by atoms with Gasteiger partial charge in [0.1, 0.15) is 5.75 Å². The Morgan fingerprint density at radius 1 is 1.17 bits per heavy atom. The molecule has 2 aromatic carbocycles. The van der Waals surface area contributed by atoms with Crippen molar-refractivity contribution in [2.75, 3.05) is 23.9 Å². The first-order chi connectivity index (χ1) is 11.5. The summed E-state index contributed by atoms with van der Waals surface area (Å²) in [4.78, 5) is 14.5. The van der Waals surface area contributed by atoms with Crippen LogP contribution in [0.15, 0.2) is 48.5 Å². The van der Waals surface area contributed by atoms with Crippen LogP contribution in [0.3, 0.4) is 0 Å². The number of benzene rings is 2. The van der Waals surface area contributed by atoms with Gasteiger partial charge in [0.05, 0.1) is 13.5 Å². The van der Waals surface area contributed by atoms with E-state index in [-0.39, 0.29) is 5.91 Å². The smallest absolute Gasteiger partial charge is 0.228 e. The molecule has 0 bridgehead atoms. The van der Waals surface area contributed by atoms with Crippen molar-refractivity contribution in [1.82, 2.24) is 0 Å². The van der Waals surface area contributed by atoms with Gasteiger partial charge in [0.15, 0.2) is 0 Å².